The first-order valence-corrected chi connectivity index (χ1v) is 9.29. The Morgan fingerprint density at radius 1 is 1.27 bits per heavy atom. The first-order valence-electron chi connectivity index (χ1n) is 7.48. The van der Waals surface area contributed by atoms with Crippen molar-refractivity contribution < 1.29 is 13.2 Å². The van der Waals surface area contributed by atoms with Crippen LogP contribution in [0, 0.1) is 0 Å². The summed E-state index contributed by atoms with van der Waals surface area (Å²) < 4.78 is 26.9. The summed E-state index contributed by atoms with van der Waals surface area (Å²) in [5, 5.41) is 0.483. The summed E-state index contributed by atoms with van der Waals surface area (Å²) in [5.74, 6) is -0.111. The zero-order valence-corrected chi connectivity index (χ0v) is 14.4. The number of benzene rings is 1. The van der Waals surface area contributed by atoms with Gasteiger partial charge in [-0.1, -0.05) is 11.6 Å². The van der Waals surface area contributed by atoms with Gasteiger partial charge in [0.25, 0.3) is 0 Å². The lowest BCUT2D eigenvalue weighted by Gasteiger charge is -2.28. The van der Waals surface area contributed by atoms with Crippen LogP contribution < -0.4 is 0 Å². The fourth-order valence-corrected chi connectivity index (χ4v) is 4.54. The largest absolute Gasteiger partial charge is 0.342 e. The number of nitrogens with zero attached hydrogens (tertiary/aromatic N) is 2. The van der Waals surface area contributed by atoms with Gasteiger partial charge in [0.15, 0.2) is 0 Å². The fraction of sp³-hybridized carbons (Fsp3) is 0.533. The van der Waals surface area contributed by atoms with Gasteiger partial charge in [-0.3, -0.25) is 4.79 Å². The molecule has 0 N–H and O–H groups in total. The van der Waals surface area contributed by atoms with Crippen LogP contribution in [0.5, 0.6) is 0 Å². The Morgan fingerprint density at radius 2 is 1.86 bits per heavy atom. The second-order valence-corrected chi connectivity index (χ2v) is 7.57. The van der Waals surface area contributed by atoms with Crippen LogP contribution in [0.2, 0.25) is 5.02 Å². The summed E-state index contributed by atoms with van der Waals surface area (Å²) in [6.45, 7) is 5.34. The van der Waals surface area contributed by atoms with Gasteiger partial charge in [0.1, 0.15) is 6.04 Å². The first kappa shape index (κ1) is 17.2. The molecule has 1 saturated heterocycles. The van der Waals surface area contributed by atoms with Crippen molar-refractivity contribution in [1.29, 1.82) is 0 Å². The third-order valence-corrected chi connectivity index (χ3v) is 6.16. The highest BCUT2D eigenvalue weighted by Gasteiger charge is 2.40. The highest BCUT2D eigenvalue weighted by atomic mass is 35.5. The topological polar surface area (TPSA) is 57.7 Å². The van der Waals surface area contributed by atoms with Crippen molar-refractivity contribution in [3.05, 3.63) is 29.3 Å². The SMILES string of the molecule is CCN(CC)C(=O)C1CCCN1S(=O)(=O)c1ccc(Cl)cc1. The van der Waals surface area contributed by atoms with Gasteiger partial charge in [0, 0.05) is 24.7 Å². The maximum Gasteiger partial charge on any atom is 0.243 e. The van der Waals surface area contributed by atoms with Crippen molar-refractivity contribution in [2.24, 2.45) is 0 Å². The second kappa shape index (κ2) is 6.98. The molecule has 5 nitrogen and oxygen atoms in total. The van der Waals surface area contributed by atoms with Gasteiger partial charge < -0.3 is 4.90 Å². The molecule has 1 heterocycles. The molecule has 2 rings (SSSR count). The summed E-state index contributed by atoms with van der Waals surface area (Å²) >= 11 is 5.81. The molecule has 0 spiro atoms. The zero-order chi connectivity index (χ0) is 16.3. The molecule has 1 atom stereocenters. The quantitative estimate of drug-likeness (QED) is 0.824. The molecular weight excluding hydrogens is 324 g/mol. The van der Waals surface area contributed by atoms with Gasteiger partial charge in [-0.25, -0.2) is 8.42 Å². The van der Waals surface area contributed by atoms with E-state index in [9.17, 15) is 13.2 Å². The summed E-state index contributed by atoms with van der Waals surface area (Å²) in [6.07, 6.45) is 1.27. The molecule has 1 aliphatic rings. The summed E-state index contributed by atoms with van der Waals surface area (Å²) in [4.78, 5) is 14.4. The van der Waals surface area contributed by atoms with Crippen molar-refractivity contribution in [2.75, 3.05) is 19.6 Å². The number of amides is 1. The Balaban J connectivity index is 2.29. The van der Waals surface area contributed by atoms with E-state index in [-0.39, 0.29) is 10.8 Å². The van der Waals surface area contributed by atoms with Gasteiger partial charge >= 0.3 is 0 Å². The Kier molecular flexibility index (Phi) is 5.47. The van der Waals surface area contributed by atoms with Crippen LogP contribution in [-0.4, -0.2) is 49.2 Å². The maximum atomic E-state index is 12.8. The van der Waals surface area contributed by atoms with Crippen molar-refractivity contribution in [3.63, 3.8) is 0 Å². The number of hydrogen-bond acceptors (Lipinski definition) is 3. The number of halogens is 1. The Hall–Kier alpha value is -1.11. The standard InChI is InChI=1S/C15H21ClN2O3S/c1-3-17(4-2)15(19)14-6-5-11-18(14)22(20,21)13-9-7-12(16)8-10-13/h7-10,14H,3-6,11H2,1-2H3. The minimum Gasteiger partial charge on any atom is -0.342 e. The van der Waals surface area contributed by atoms with Crippen molar-refractivity contribution in [2.45, 2.75) is 37.6 Å². The molecule has 1 unspecified atom stereocenters. The van der Waals surface area contributed by atoms with Crippen LogP contribution in [0.3, 0.4) is 0 Å². The number of carbonyl (C=O) groups is 1. The van der Waals surface area contributed by atoms with E-state index in [2.05, 4.69) is 0 Å². The lowest BCUT2D eigenvalue weighted by atomic mass is 10.2. The number of hydrogen-bond donors (Lipinski definition) is 0. The molecule has 0 aliphatic carbocycles. The normalized spacial score (nSPS) is 19.3. The van der Waals surface area contributed by atoms with E-state index in [0.29, 0.717) is 37.5 Å². The average Bonchev–Trinajstić information content (AvgIpc) is 2.99. The second-order valence-electron chi connectivity index (χ2n) is 5.24. The maximum absolute atomic E-state index is 12.8. The van der Waals surface area contributed by atoms with Crippen LogP contribution in [-0.2, 0) is 14.8 Å². The minimum atomic E-state index is -3.67. The van der Waals surface area contributed by atoms with Crippen LogP contribution in [0.15, 0.2) is 29.2 Å². The molecule has 0 bridgehead atoms. The molecule has 22 heavy (non-hydrogen) atoms. The summed E-state index contributed by atoms with van der Waals surface area (Å²) in [5.41, 5.74) is 0. The van der Waals surface area contributed by atoms with Crippen LogP contribution in [0.1, 0.15) is 26.7 Å². The van der Waals surface area contributed by atoms with Crippen molar-refractivity contribution >= 4 is 27.5 Å². The van der Waals surface area contributed by atoms with Crippen LogP contribution >= 0.6 is 11.6 Å². The summed E-state index contributed by atoms with van der Waals surface area (Å²) in [7, 11) is -3.67. The highest BCUT2D eigenvalue weighted by Crippen LogP contribution is 2.27. The Bertz CT molecular complexity index is 627. The van der Waals surface area contributed by atoms with Crippen LogP contribution in [0.4, 0.5) is 0 Å². The number of sulfonamides is 1. The number of likely N-dealkylation sites (N-methyl/N-ethyl adjacent to an activating group) is 1. The van der Waals surface area contributed by atoms with Gasteiger partial charge in [-0.2, -0.15) is 4.31 Å². The predicted molar refractivity (Wildman–Crippen MR) is 86.3 cm³/mol. The highest BCUT2D eigenvalue weighted by molar-refractivity contribution is 7.89. The third-order valence-electron chi connectivity index (χ3n) is 3.98. The smallest absolute Gasteiger partial charge is 0.243 e. The van der Waals surface area contributed by atoms with Gasteiger partial charge in [-0.15, -0.1) is 0 Å². The molecule has 1 aliphatic heterocycles. The molecule has 0 aromatic heterocycles. The Labute approximate surface area is 136 Å². The monoisotopic (exact) mass is 344 g/mol. The first-order chi connectivity index (χ1) is 10.4. The summed E-state index contributed by atoms with van der Waals surface area (Å²) in [6, 6.07) is 5.46. The lowest BCUT2D eigenvalue weighted by Crippen LogP contribution is -2.47. The lowest BCUT2D eigenvalue weighted by molar-refractivity contribution is -0.134. The van der Waals surface area contributed by atoms with Crippen LogP contribution in [0.25, 0.3) is 0 Å². The number of rotatable bonds is 5. The van der Waals surface area contributed by atoms with E-state index >= 15 is 0 Å². The molecule has 1 fully saturated rings. The van der Waals surface area contributed by atoms with Gasteiger partial charge in [0.2, 0.25) is 15.9 Å². The Morgan fingerprint density at radius 3 is 2.41 bits per heavy atom. The zero-order valence-electron chi connectivity index (χ0n) is 12.8. The molecule has 7 heteroatoms. The molecule has 0 radical (unpaired) electrons. The molecule has 1 aromatic rings. The molecule has 1 aromatic carbocycles. The van der Waals surface area contributed by atoms with E-state index in [4.69, 9.17) is 11.6 Å². The molecule has 1 amide bonds. The van der Waals surface area contributed by atoms with Crippen molar-refractivity contribution in [3.8, 4) is 0 Å². The third kappa shape index (κ3) is 3.29. The van der Waals surface area contributed by atoms with E-state index in [1.165, 1.54) is 16.4 Å². The number of carbonyl (C=O) groups excluding carboxylic acids is 1. The molecular formula is C15H21ClN2O3S. The minimum absolute atomic E-state index is 0.111. The van der Waals surface area contributed by atoms with Gasteiger partial charge in [-0.05, 0) is 51.0 Å². The van der Waals surface area contributed by atoms with E-state index in [1.807, 2.05) is 13.8 Å². The van der Waals surface area contributed by atoms with E-state index < -0.39 is 16.1 Å². The van der Waals surface area contributed by atoms with Gasteiger partial charge in [0.05, 0.1) is 4.90 Å². The van der Waals surface area contributed by atoms with Crippen molar-refractivity contribution in [1.82, 2.24) is 9.21 Å². The van der Waals surface area contributed by atoms with E-state index in [0.717, 1.165) is 0 Å². The van der Waals surface area contributed by atoms with E-state index in [1.54, 1.807) is 17.0 Å². The average molecular weight is 345 g/mol. The molecule has 122 valence electrons. The molecule has 0 saturated carbocycles. The predicted octanol–water partition coefficient (Wildman–Crippen LogP) is 2.36. The fourth-order valence-electron chi connectivity index (χ4n) is 2.76.